The Balaban J connectivity index is 0.000000328. The van der Waals surface area contributed by atoms with E-state index in [9.17, 15) is 39.4 Å². The number of nitrogens with zero attached hydrogens (tertiary/aromatic N) is 7. The summed E-state index contributed by atoms with van der Waals surface area (Å²) in [6, 6.07) is 97.1. The van der Waals surface area contributed by atoms with Gasteiger partial charge in [0, 0.05) is 77.7 Å². The zero-order chi connectivity index (χ0) is 99.0. The summed E-state index contributed by atoms with van der Waals surface area (Å²) in [5.41, 5.74) is 22.0. The zero-order valence-corrected chi connectivity index (χ0v) is 89.9. The molecular weight excluding hydrogens is 2270 g/mol. The molecule has 10 aromatic rings. The third-order valence-corrected chi connectivity index (χ3v) is 23.2. The van der Waals surface area contributed by atoms with Crippen molar-refractivity contribution in [2.24, 2.45) is 17.4 Å². The fraction of sp³-hybridized carbons (Fsp3) is 0.365. The number of benzene rings is 10. The molecule has 4 aliphatic rings. The van der Waals surface area contributed by atoms with Gasteiger partial charge in [-0.05, 0) is 98.2 Å². The molecule has 14 rings (SSSR count). The molecule has 742 valence electrons. The van der Waals surface area contributed by atoms with Crippen molar-refractivity contribution in [3.63, 3.8) is 0 Å². The Morgan fingerprint density at radius 3 is 0.926 bits per heavy atom. The molecule has 10 aromatic carbocycles. The Kier molecular flexibility index (Phi) is 68.6. The molecule has 0 amide bonds. The largest absolute Gasteiger partial charge is 0.657 e. The second kappa shape index (κ2) is 77.2. The molecule has 4 saturated carbocycles. The number of halogens is 7. The molecule has 32 heteroatoms. The van der Waals surface area contributed by atoms with Crippen LogP contribution in [-0.4, -0.2) is 114 Å². The first-order valence-electron chi connectivity index (χ1n) is 45.1. The van der Waals surface area contributed by atoms with Gasteiger partial charge in [-0.2, -0.15) is 24.2 Å². The third kappa shape index (κ3) is 56.6. The Bertz CT molecular complexity index is 4390. The summed E-state index contributed by atoms with van der Waals surface area (Å²) in [6.45, 7) is 7.98. The minimum Gasteiger partial charge on any atom is -0.657 e. The monoisotopic (exact) mass is 2390 g/mol. The van der Waals surface area contributed by atoms with Gasteiger partial charge in [0.2, 0.25) is 12.7 Å². The van der Waals surface area contributed by atoms with Crippen LogP contribution < -0.4 is 22.1 Å². The Hall–Kier alpha value is -7.55. The van der Waals surface area contributed by atoms with Crippen LogP contribution in [0.3, 0.4) is 0 Å². The minimum absolute atomic E-state index is 0.0697. The summed E-state index contributed by atoms with van der Waals surface area (Å²) in [7, 11) is 3.39. The molecular formula is C104H126Br7N11Ni2O12-4. The van der Waals surface area contributed by atoms with Gasteiger partial charge in [-0.3, -0.25) is 49.5 Å². The Morgan fingerprint density at radius 2 is 0.662 bits per heavy atom. The van der Waals surface area contributed by atoms with Gasteiger partial charge in [0.15, 0.2) is 13.0 Å². The summed E-state index contributed by atoms with van der Waals surface area (Å²) >= 11 is 21.8. The number of esters is 2. The van der Waals surface area contributed by atoms with Crippen molar-refractivity contribution in [3.05, 3.63) is 412 Å². The van der Waals surface area contributed by atoms with Gasteiger partial charge in [0.1, 0.15) is 12.6 Å². The third-order valence-electron chi connectivity index (χ3n) is 21.6. The average Bonchev–Trinajstić information content (AvgIpc) is 0.818. The van der Waals surface area contributed by atoms with Crippen LogP contribution in [0.15, 0.2) is 305 Å². The number of rotatable bonds is 30. The fourth-order valence-corrected chi connectivity index (χ4v) is 15.5. The molecule has 4 aliphatic carbocycles. The predicted octanol–water partition coefficient (Wildman–Crippen LogP) is 27.3. The van der Waals surface area contributed by atoms with Gasteiger partial charge in [-0.15, -0.1) is 26.2 Å². The van der Waals surface area contributed by atoms with E-state index in [1.165, 1.54) is 151 Å². The van der Waals surface area contributed by atoms with Crippen molar-refractivity contribution in [1.82, 2.24) is 10.6 Å². The number of hydrogen-bond acceptors (Lipinski definition) is 16. The van der Waals surface area contributed by atoms with Crippen LogP contribution in [0.2, 0.25) is 0 Å². The summed E-state index contributed by atoms with van der Waals surface area (Å²) in [5, 5.41) is 57.1. The van der Waals surface area contributed by atoms with E-state index < -0.39 is 45.1 Å². The molecule has 0 aromatic heterocycles. The van der Waals surface area contributed by atoms with Crippen LogP contribution in [0.1, 0.15) is 188 Å². The molecule has 6 N–H and O–H groups in total. The van der Waals surface area contributed by atoms with Crippen LogP contribution in [-0.2, 0) is 80.1 Å². The van der Waals surface area contributed by atoms with Crippen molar-refractivity contribution < 1.29 is 65.2 Å². The molecule has 4 fully saturated rings. The van der Waals surface area contributed by atoms with Crippen molar-refractivity contribution >= 4 is 135 Å². The molecule has 9 atom stereocenters. The van der Waals surface area contributed by atoms with Gasteiger partial charge >= 0.3 is 90.6 Å². The van der Waals surface area contributed by atoms with Crippen molar-refractivity contribution in [2.75, 3.05) is 26.8 Å². The molecule has 0 unspecified atom stereocenters. The molecule has 0 spiro atoms. The van der Waals surface area contributed by atoms with Crippen LogP contribution >= 0.6 is 105 Å². The van der Waals surface area contributed by atoms with E-state index in [-0.39, 0.29) is 25.3 Å². The second-order valence-electron chi connectivity index (χ2n) is 31.5. The number of aldehydes is 2. The van der Waals surface area contributed by atoms with E-state index in [0.29, 0.717) is 47.4 Å². The maximum atomic E-state index is 12.2. The van der Waals surface area contributed by atoms with Gasteiger partial charge in [-0.1, -0.05) is 396 Å². The first kappa shape index (κ1) is 121. The predicted molar refractivity (Wildman–Crippen MR) is 569 cm³/mol. The quantitative estimate of drug-likeness (QED) is 0.00811. The van der Waals surface area contributed by atoms with Gasteiger partial charge in [0.25, 0.3) is 0 Å². The fourth-order valence-electron chi connectivity index (χ4n) is 14.7. The molecule has 136 heavy (non-hydrogen) atoms. The molecule has 0 saturated heterocycles. The maximum absolute atomic E-state index is 12.2. The van der Waals surface area contributed by atoms with Crippen LogP contribution in [0.5, 0.6) is 0 Å². The molecule has 0 radical (unpaired) electrons. The average molecular weight is 2400 g/mol. The van der Waals surface area contributed by atoms with E-state index in [1.54, 1.807) is 74.5 Å². The van der Waals surface area contributed by atoms with Crippen molar-refractivity contribution in [3.8, 4) is 0 Å². The molecule has 0 heterocycles. The van der Waals surface area contributed by atoms with E-state index in [1.807, 2.05) is 42.5 Å². The summed E-state index contributed by atoms with van der Waals surface area (Å²) in [6.07, 6.45) is 24.0. The van der Waals surface area contributed by atoms with Crippen LogP contribution in [0, 0.1) is 36.3 Å². The van der Waals surface area contributed by atoms with E-state index in [4.69, 9.17) is 52.3 Å². The number of ether oxygens (including phenoxy) is 2. The zero-order valence-electron chi connectivity index (χ0n) is 76.9. The number of carbonyl (C=O) groups is 4. The number of hydrogen-bond donors (Lipinski definition) is 4. The first-order valence-corrected chi connectivity index (χ1v) is 57.2. The molecule has 23 nitrogen and oxygen atoms in total. The van der Waals surface area contributed by atoms with E-state index >= 15 is 0 Å². The topological polar surface area (TPSA) is 349 Å². The Morgan fingerprint density at radius 1 is 0.404 bits per heavy atom. The standard InChI is InChI=1S/C20H26N2.2C20H24N2.C15H18BrNO6.C8H6BrNO2.C7H5BrO.C7H6O.C6H14N2.CH3NO2.4BrH.2Ni/c3*1-3-9-17(10-4-1)15-21-19-13-7-8-14-20(19)22-16-18-11-5-2-6-12-18;1-3-22-14(18)13(15(19)23-4-2)12(9-17(20)21)10-5-7-11(16)8-6-10;9-8-3-1-7(2-4-8)5-6-10(11)12;8-7-3-1-6(5-9)2-4-7;8-6-7-4-2-1-3-5-7;7-5-3-1-2-4-6(5)8;1-2(3)4;;;;;;/h1-6,9-12,19-22H,7-8,13-16H2;2*1-6,9-12,19-20H,7-8,13-16H2;5-8,12-13H,3-4,9H2,1-2H3;1-6H;1-5H;1-6H;5-6H,1-4,7-8H2;1H3;4*1H;;/q;2*-2;;;;;;;;;;;2*+2/p-4/b;;;;6-5+;;;;;;;;;;/t3*19-,20-;12-;;;;5-,6-;;;;;;;/m1111...1......./s1. The number of nitrogens with one attached hydrogen (secondary N) is 2. The number of nitro groups is 3. The smallest absolute Gasteiger partial charge is 0.0224 e. The van der Waals surface area contributed by atoms with E-state index in [0.717, 1.165) is 102 Å². The molecule has 0 bridgehead atoms. The summed E-state index contributed by atoms with van der Waals surface area (Å²) < 4.78 is 12.6. The Labute approximate surface area is 869 Å². The van der Waals surface area contributed by atoms with E-state index in [2.05, 4.69) is 297 Å². The van der Waals surface area contributed by atoms with Crippen molar-refractivity contribution in [2.45, 2.75) is 210 Å². The van der Waals surface area contributed by atoms with Gasteiger partial charge in [-0.25, -0.2) is 0 Å². The van der Waals surface area contributed by atoms with Gasteiger partial charge in [0.05, 0.1) is 24.1 Å². The normalized spacial score (nSPS) is 17.4. The molecule has 0 aliphatic heterocycles. The van der Waals surface area contributed by atoms with Crippen LogP contribution in [0.25, 0.3) is 27.3 Å². The van der Waals surface area contributed by atoms with Crippen molar-refractivity contribution in [1.29, 1.82) is 0 Å². The minimum atomic E-state index is -1.37. The summed E-state index contributed by atoms with van der Waals surface area (Å²) in [5.74, 6) is -3.97. The maximum Gasteiger partial charge on any atom is 0.0224 e. The number of carbonyl (C=O) groups excluding carboxylic acids is 4. The second-order valence-corrected chi connectivity index (χ2v) is 44.2. The van der Waals surface area contributed by atoms with Gasteiger partial charge < -0.3 is 52.8 Å². The summed E-state index contributed by atoms with van der Waals surface area (Å²) in [4.78, 5) is 72.7. The SMILES string of the molecule is CCOC(=O)C(C(=O)OCC)[C@H](C[N+](=O)[O-])c1ccc(Br)cc1.C[N+](=O)[O-].N[C@@H]1CCCC[C@H]1N.O=Cc1ccc(Br)cc1.O=Cc1ccccc1.O=[N+]([O-])/C=C/c1ccc(Br)cc1.[Br][Ni][Br].[Br][Ni][Br].c1ccc(CN[C@@H]2CCCC[C@H]2NCc2ccccc2)cc1.c1ccc(C[N-][C@@H]2CCCC[C@H]2[N-]Cc2ccccc2)cc1.c1ccc(C[N-][C@@H]2CCCC[C@H]2[N-]Cc2ccccc2)cc1. The number of nitrogens with two attached hydrogens (primary N) is 2. The first-order chi connectivity index (χ1) is 66.0. The van der Waals surface area contributed by atoms with Crippen LogP contribution in [0.4, 0.5) is 0 Å².